The van der Waals surface area contributed by atoms with Crippen molar-refractivity contribution in [2.24, 2.45) is 0 Å². The summed E-state index contributed by atoms with van der Waals surface area (Å²) in [7, 11) is 1.51. The van der Waals surface area contributed by atoms with Gasteiger partial charge in [0.25, 0.3) is 5.78 Å². The zero-order valence-corrected chi connectivity index (χ0v) is 27.4. The number of carbonyl (C=O) groups is 2. The van der Waals surface area contributed by atoms with Gasteiger partial charge in [-0.3, -0.25) is 14.5 Å². The number of anilines is 1. The van der Waals surface area contributed by atoms with E-state index in [4.69, 9.17) is 9.47 Å². The van der Waals surface area contributed by atoms with Gasteiger partial charge in [-0.2, -0.15) is 0 Å². The molecule has 0 saturated carbocycles. The normalized spacial score (nSPS) is 15.7. The molecule has 238 valence electrons. The van der Waals surface area contributed by atoms with Crippen molar-refractivity contribution in [3.8, 4) is 11.5 Å². The molecule has 8 nitrogen and oxygen atoms in total. The Hall–Kier alpha value is -5.00. The van der Waals surface area contributed by atoms with Crippen LogP contribution < -0.4 is 14.4 Å². The summed E-state index contributed by atoms with van der Waals surface area (Å²) < 4.78 is 26.4. The zero-order chi connectivity index (χ0) is 33.1. The summed E-state index contributed by atoms with van der Waals surface area (Å²) in [6.45, 7) is 4.01. The van der Waals surface area contributed by atoms with Crippen molar-refractivity contribution in [3.05, 3.63) is 136 Å². The number of nitrogens with zero attached hydrogens (tertiary/aromatic N) is 3. The molecule has 1 atom stereocenters. The number of aromatic nitrogens is 2. The van der Waals surface area contributed by atoms with Crippen molar-refractivity contribution < 1.29 is 28.6 Å². The van der Waals surface area contributed by atoms with Crippen LogP contribution in [0.4, 0.5) is 9.52 Å². The van der Waals surface area contributed by atoms with Gasteiger partial charge >= 0.3 is 5.91 Å². The van der Waals surface area contributed by atoms with Gasteiger partial charge in [0.15, 0.2) is 15.8 Å². The Morgan fingerprint density at radius 3 is 2.49 bits per heavy atom. The number of amides is 1. The number of aryl methyl sites for hydroxylation is 2. The first kappa shape index (κ1) is 32.0. The van der Waals surface area contributed by atoms with E-state index < -0.39 is 17.7 Å². The lowest BCUT2D eigenvalue weighted by atomic mass is 9.93. The fraction of sp³-hybridized carbons (Fsp3) is 0.167. The van der Waals surface area contributed by atoms with Crippen molar-refractivity contribution in [2.75, 3.05) is 12.0 Å². The van der Waals surface area contributed by atoms with E-state index in [2.05, 4.69) is 10.2 Å². The molecule has 11 heteroatoms. The molecule has 1 unspecified atom stereocenters. The minimum absolute atomic E-state index is 0.0838. The molecule has 1 N–H and O–H groups in total. The van der Waals surface area contributed by atoms with Gasteiger partial charge in [-0.15, -0.1) is 10.2 Å². The molecule has 0 radical (unpaired) electrons. The number of ketones is 1. The molecule has 0 spiro atoms. The minimum Gasteiger partial charge on any atom is -0.507 e. The Labute approximate surface area is 279 Å². The van der Waals surface area contributed by atoms with Gasteiger partial charge in [0.2, 0.25) is 5.13 Å². The number of hydrogen-bond donors (Lipinski definition) is 1. The fourth-order valence-corrected chi connectivity index (χ4v) is 7.16. The van der Waals surface area contributed by atoms with Gasteiger partial charge in [-0.1, -0.05) is 95.4 Å². The van der Waals surface area contributed by atoms with E-state index in [-0.39, 0.29) is 22.3 Å². The molecule has 0 bridgehead atoms. The highest BCUT2D eigenvalue weighted by Gasteiger charge is 2.48. The summed E-state index contributed by atoms with van der Waals surface area (Å²) in [5, 5.41) is 20.3. The maximum Gasteiger partial charge on any atom is 0.301 e. The molecule has 4 aromatic carbocycles. The van der Waals surface area contributed by atoms with Crippen LogP contribution in [-0.4, -0.2) is 34.1 Å². The number of aliphatic hydroxyl groups is 1. The third-order valence-electron chi connectivity index (χ3n) is 7.74. The Bertz CT molecular complexity index is 2000. The van der Waals surface area contributed by atoms with Gasteiger partial charge in [0.1, 0.15) is 18.2 Å². The molecule has 1 aromatic heterocycles. The van der Waals surface area contributed by atoms with Crippen LogP contribution in [0.1, 0.15) is 39.4 Å². The van der Waals surface area contributed by atoms with Crippen LogP contribution in [0.25, 0.3) is 5.76 Å². The second-order valence-corrected chi connectivity index (χ2v) is 13.1. The second-order valence-electron chi connectivity index (χ2n) is 10.9. The van der Waals surface area contributed by atoms with E-state index in [0.29, 0.717) is 44.9 Å². The van der Waals surface area contributed by atoms with E-state index in [1.165, 1.54) is 29.8 Å². The van der Waals surface area contributed by atoms with Gasteiger partial charge in [0, 0.05) is 11.3 Å². The van der Waals surface area contributed by atoms with Crippen LogP contribution >= 0.6 is 23.1 Å². The number of ether oxygens (including phenoxy) is 2. The van der Waals surface area contributed by atoms with Gasteiger partial charge < -0.3 is 14.6 Å². The Morgan fingerprint density at radius 1 is 0.957 bits per heavy atom. The maximum absolute atomic E-state index is 14.2. The molecular formula is C36H30FN3O5S2. The largest absolute Gasteiger partial charge is 0.507 e. The molecular weight excluding hydrogens is 638 g/mol. The monoisotopic (exact) mass is 667 g/mol. The number of Topliss-reactive ketones (excluding diaryl/α,β-unsaturated/α-hetero) is 1. The summed E-state index contributed by atoms with van der Waals surface area (Å²) in [4.78, 5) is 28.8. The smallest absolute Gasteiger partial charge is 0.301 e. The lowest BCUT2D eigenvalue weighted by Gasteiger charge is -2.23. The fourth-order valence-electron chi connectivity index (χ4n) is 5.30. The van der Waals surface area contributed by atoms with Crippen molar-refractivity contribution in [2.45, 2.75) is 36.6 Å². The zero-order valence-electron chi connectivity index (χ0n) is 25.8. The SMILES string of the molecule is COc1cc(C2C(=C(O)c3cc(C)ccc3C)C(=O)C(=O)N2c2nnc(SCc3ccccc3F)s2)ccc1OCc1ccccc1. The van der Waals surface area contributed by atoms with E-state index in [1.807, 2.05) is 56.3 Å². The number of aliphatic hydroxyl groups excluding tert-OH is 1. The minimum atomic E-state index is -1.05. The highest BCUT2D eigenvalue weighted by molar-refractivity contribution is 8.00. The van der Waals surface area contributed by atoms with Crippen molar-refractivity contribution in [3.63, 3.8) is 0 Å². The molecule has 0 aliphatic carbocycles. The van der Waals surface area contributed by atoms with Crippen LogP contribution in [0.2, 0.25) is 0 Å². The molecule has 1 aliphatic rings. The van der Waals surface area contributed by atoms with E-state index in [1.54, 1.807) is 42.5 Å². The molecule has 6 rings (SSSR count). The predicted molar refractivity (Wildman–Crippen MR) is 180 cm³/mol. The Kier molecular flexibility index (Phi) is 9.37. The lowest BCUT2D eigenvalue weighted by molar-refractivity contribution is -0.132. The number of thioether (sulfide) groups is 1. The molecule has 1 amide bonds. The first-order chi connectivity index (χ1) is 22.7. The molecule has 1 aliphatic heterocycles. The van der Waals surface area contributed by atoms with Crippen molar-refractivity contribution >= 4 is 45.7 Å². The van der Waals surface area contributed by atoms with Crippen molar-refractivity contribution in [1.29, 1.82) is 0 Å². The first-order valence-corrected chi connectivity index (χ1v) is 16.5. The number of carbonyl (C=O) groups excluding carboxylic acids is 2. The number of benzene rings is 4. The Morgan fingerprint density at radius 2 is 1.72 bits per heavy atom. The van der Waals surface area contributed by atoms with E-state index in [0.717, 1.165) is 28.0 Å². The number of hydrogen-bond acceptors (Lipinski definition) is 9. The van der Waals surface area contributed by atoms with E-state index >= 15 is 0 Å². The average Bonchev–Trinajstić information content (AvgIpc) is 3.66. The molecule has 1 fully saturated rings. The van der Waals surface area contributed by atoms with Gasteiger partial charge in [-0.05, 0) is 60.4 Å². The predicted octanol–water partition coefficient (Wildman–Crippen LogP) is 7.80. The third-order valence-corrected chi connectivity index (χ3v) is 9.85. The lowest BCUT2D eigenvalue weighted by Crippen LogP contribution is -2.29. The summed E-state index contributed by atoms with van der Waals surface area (Å²) in [5.41, 5.74) is 3.95. The van der Waals surface area contributed by atoms with Crippen LogP contribution in [0.15, 0.2) is 101 Å². The summed E-state index contributed by atoms with van der Waals surface area (Å²) >= 11 is 2.37. The first-order valence-electron chi connectivity index (χ1n) is 14.7. The van der Waals surface area contributed by atoms with Crippen LogP contribution in [0.3, 0.4) is 0 Å². The standard InChI is InChI=1S/C36H30FN3O5S2/c1-21-13-14-22(2)26(17-21)32(41)30-31(24-15-16-28(29(18-24)44-3)45-19-23-9-5-4-6-10-23)40(34(43)33(30)42)35-38-39-36(47-35)46-20-25-11-7-8-12-27(25)37/h4-18,31,41H,19-20H2,1-3H3. The number of methoxy groups -OCH3 is 1. The van der Waals surface area contributed by atoms with E-state index in [9.17, 15) is 19.1 Å². The third kappa shape index (κ3) is 6.63. The second kappa shape index (κ2) is 13.8. The van der Waals surface area contributed by atoms with Crippen LogP contribution in [-0.2, 0) is 21.9 Å². The van der Waals surface area contributed by atoms with Gasteiger partial charge in [0.05, 0.1) is 18.7 Å². The van der Waals surface area contributed by atoms with Crippen LogP contribution in [0, 0.1) is 19.7 Å². The quantitative estimate of drug-likeness (QED) is 0.0530. The Balaban J connectivity index is 1.41. The summed E-state index contributed by atoms with van der Waals surface area (Å²) in [5.74, 6) is -1.17. The highest BCUT2D eigenvalue weighted by Crippen LogP contribution is 2.46. The molecule has 47 heavy (non-hydrogen) atoms. The summed E-state index contributed by atoms with van der Waals surface area (Å²) in [6, 6.07) is 25.8. The van der Waals surface area contributed by atoms with Crippen molar-refractivity contribution in [1.82, 2.24) is 10.2 Å². The van der Waals surface area contributed by atoms with Gasteiger partial charge in [-0.25, -0.2) is 4.39 Å². The topological polar surface area (TPSA) is 102 Å². The molecule has 5 aromatic rings. The number of rotatable bonds is 10. The molecule has 1 saturated heterocycles. The summed E-state index contributed by atoms with van der Waals surface area (Å²) in [6.07, 6.45) is 0. The number of halogens is 1. The molecule has 2 heterocycles. The maximum atomic E-state index is 14.2. The highest BCUT2D eigenvalue weighted by atomic mass is 32.2. The average molecular weight is 668 g/mol. The van der Waals surface area contributed by atoms with Crippen LogP contribution in [0.5, 0.6) is 11.5 Å².